The molecule has 1 aliphatic heterocycles. The molecule has 4 rings (SSSR count). The maximum atomic E-state index is 14.3. The molecule has 5 unspecified atom stereocenters. The van der Waals surface area contributed by atoms with E-state index in [1.54, 1.807) is 4.90 Å². The number of Topliss-reactive ketones (excluding diaryl/α,β-unsaturated/α-hetero) is 1. The molecule has 272 valence electrons. The average molecular weight is 695 g/mol. The van der Waals surface area contributed by atoms with Crippen LogP contribution in [0.15, 0.2) is 0 Å². The van der Waals surface area contributed by atoms with E-state index < -0.39 is 57.2 Å². The van der Waals surface area contributed by atoms with E-state index in [2.05, 4.69) is 35.1 Å². The topological polar surface area (TPSA) is 174 Å². The molecule has 5 atom stereocenters. The van der Waals surface area contributed by atoms with Gasteiger partial charge >= 0.3 is 6.03 Å². The smallest absolute Gasteiger partial charge is 0.315 e. The number of carbonyl (C=O) groups is 5. The summed E-state index contributed by atoms with van der Waals surface area (Å²) in [6.07, 6.45) is 6.08. The summed E-state index contributed by atoms with van der Waals surface area (Å²) in [7, 11) is -0.240. The highest BCUT2D eigenvalue weighted by Gasteiger charge is 2.70. The number of rotatable bonds is 14. The van der Waals surface area contributed by atoms with Gasteiger partial charge in [0.2, 0.25) is 27.6 Å². The molecule has 0 radical (unpaired) electrons. The van der Waals surface area contributed by atoms with Crippen LogP contribution in [0, 0.1) is 28.6 Å². The van der Waals surface area contributed by atoms with Gasteiger partial charge in [0, 0.05) is 32.7 Å². The summed E-state index contributed by atoms with van der Waals surface area (Å²) in [4.78, 5) is 68.9. The van der Waals surface area contributed by atoms with Crippen LogP contribution in [-0.4, -0.2) is 104 Å². The number of amides is 5. The summed E-state index contributed by atoms with van der Waals surface area (Å²) in [6.45, 7) is 12.1. The number of piperidine rings is 1. The van der Waals surface area contributed by atoms with E-state index in [-0.39, 0.29) is 46.9 Å². The van der Waals surface area contributed by atoms with Crippen molar-refractivity contribution in [3.05, 3.63) is 0 Å². The second-order valence-electron chi connectivity index (χ2n) is 16.4. The van der Waals surface area contributed by atoms with E-state index >= 15 is 0 Å². The third kappa shape index (κ3) is 8.88. The second kappa shape index (κ2) is 14.6. The quantitative estimate of drug-likeness (QED) is 0.202. The van der Waals surface area contributed by atoms with Gasteiger partial charge in [-0.25, -0.2) is 17.5 Å². The number of hydrogen-bond acceptors (Lipinski definition) is 7. The van der Waals surface area contributed by atoms with Crippen molar-refractivity contribution in [3.8, 4) is 0 Å². The van der Waals surface area contributed by atoms with E-state index in [1.165, 1.54) is 18.4 Å². The molecular formula is C34H58N6O7S. The van der Waals surface area contributed by atoms with E-state index in [4.69, 9.17) is 0 Å². The predicted octanol–water partition coefficient (Wildman–Crippen LogP) is 2.16. The van der Waals surface area contributed by atoms with Crippen LogP contribution in [0.25, 0.3) is 0 Å². The fourth-order valence-corrected chi connectivity index (χ4v) is 8.71. The summed E-state index contributed by atoms with van der Waals surface area (Å²) < 4.78 is 25.9. The number of carbonyl (C=O) groups excluding carboxylic acids is 5. The summed E-state index contributed by atoms with van der Waals surface area (Å²) in [6, 6.07) is -3.35. The zero-order valence-corrected chi connectivity index (χ0v) is 30.9. The zero-order valence-electron chi connectivity index (χ0n) is 30.1. The molecule has 4 fully saturated rings. The molecule has 3 saturated carbocycles. The lowest BCUT2D eigenvalue weighted by atomic mass is 9.85. The van der Waals surface area contributed by atoms with Crippen molar-refractivity contribution < 1.29 is 32.4 Å². The van der Waals surface area contributed by atoms with Crippen LogP contribution in [0.5, 0.6) is 0 Å². The van der Waals surface area contributed by atoms with Crippen LogP contribution in [0.3, 0.4) is 0 Å². The molecule has 0 aromatic rings. The molecule has 0 aromatic carbocycles. The van der Waals surface area contributed by atoms with Gasteiger partial charge in [0.25, 0.3) is 5.91 Å². The largest absolute Gasteiger partial charge is 0.347 e. The standard InChI is InChI=1S/C34H58N6O7S/c1-9-10-11-24(27(41)30(43)35-21-16-17-21)37-29(42)26-25-23(34(25,5)6)18-40(26)31(44)28(33(2,3)4)38-32(45)36-22-14-12-20(13-15-22)19-48(46,47)39(7)8/h20-26,28H,9-19H2,1-8H3,(H,35,43)(H,37,42)(H2,36,38,45). The van der Waals surface area contributed by atoms with Gasteiger partial charge < -0.3 is 26.2 Å². The Labute approximate surface area is 286 Å². The summed E-state index contributed by atoms with van der Waals surface area (Å²) in [5.41, 5.74) is -0.853. The lowest BCUT2D eigenvalue weighted by Crippen LogP contribution is -2.61. The van der Waals surface area contributed by atoms with Crippen molar-refractivity contribution in [1.29, 1.82) is 0 Å². The number of nitrogens with one attached hydrogen (secondary N) is 4. The predicted molar refractivity (Wildman–Crippen MR) is 182 cm³/mol. The van der Waals surface area contributed by atoms with Crippen LogP contribution in [0.2, 0.25) is 0 Å². The van der Waals surface area contributed by atoms with Crippen molar-refractivity contribution in [2.24, 2.45) is 28.6 Å². The monoisotopic (exact) mass is 694 g/mol. The lowest BCUT2D eigenvalue weighted by molar-refractivity contribution is -0.145. The van der Waals surface area contributed by atoms with Crippen LogP contribution in [0.1, 0.15) is 99.3 Å². The van der Waals surface area contributed by atoms with E-state index in [1.807, 2.05) is 27.7 Å². The van der Waals surface area contributed by atoms with Gasteiger partial charge in [-0.3, -0.25) is 19.2 Å². The van der Waals surface area contributed by atoms with Gasteiger partial charge in [-0.2, -0.15) is 0 Å². The Morgan fingerprint density at radius 3 is 2.04 bits per heavy atom. The fraction of sp³-hybridized carbons (Fsp3) is 0.853. The molecule has 13 nitrogen and oxygen atoms in total. The van der Waals surface area contributed by atoms with E-state index in [0.717, 1.165) is 19.3 Å². The van der Waals surface area contributed by atoms with Gasteiger partial charge in [-0.05, 0) is 73.5 Å². The van der Waals surface area contributed by atoms with Crippen molar-refractivity contribution in [2.75, 3.05) is 26.4 Å². The Hall–Kier alpha value is -2.74. The number of urea groups is 1. The van der Waals surface area contributed by atoms with Crippen molar-refractivity contribution in [2.45, 2.75) is 130 Å². The summed E-state index contributed by atoms with van der Waals surface area (Å²) in [5.74, 6) is -2.04. The highest BCUT2D eigenvalue weighted by atomic mass is 32.2. The molecule has 14 heteroatoms. The number of likely N-dealkylation sites (tertiary alicyclic amines) is 1. The minimum Gasteiger partial charge on any atom is -0.347 e. The molecule has 1 saturated heterocycles. The Morgan fingerprint density at radius 1 is 0.917 bits per heavy atom. The minimum absolute atomic E-state index is 0.0147. The minimum atomic E-state index is -3.30. The van der Waals surface area contributed by atoms with Gasteiger partial charge in [-0.15, -0.1) is 0 Å². The molecule has 4 N–H and O–H groups in total. The molecule has 48 heavy (non-hydrogen) atoms. The second-order valence-corrected chi connectivity index (χ2v) is 18.6. The molecule has 0 bridgehead atoms. The van der Waals surface area contributed by atoms with Gasteiger partial charge in [0.05, 0.1) is 11.8 Å². The van der Waals surface area contributed by atoms with Gasteiger partial charge in [0.1, 0.15) is 12.1 Å². The highest BCUT2D eigenvalue weighted by molar-refractivity contribution is 7.89. The fourth-order valence-electron chi connectivity index (χ4n) is 7.48. The molecular weight excluding hydrogens is 636 g/mol. The first kappa shape index (κ1) is 38.1. The molecule has 4 aliphatic rings. The summed E-state index contributed by atoms with van der Waals surface area (Å²) in [5, 5.41) is 11.5. The molecule has 0 aromatic heterocycles. The number of ketones is 1. The van der Waals surface area contributed by atoms with E-state index in [0.29, 0.717) is 45.1 Å². The average Bonchev–Trinajstić information content (AvgIpc) is 3.84. The highest BCUT2D eigenvalue weighted by Crippen LogP contribution is 2.65. The number of sulfonamides is 1. The first-order valence-electron chi connectivity index (χ1n) is 17.7. The van der Waals surface area contributed by atoms with Crippen LogP contribution in [0.4, 0.5) is 4.79 Å². The van der Waals surface area contributed by atoms with Crippen molar-refractivity contribution in [1.82, 2.24) is 30.5 Å². The number of nitrogens with zero attached hydrogens (tertiary/aromatic N) is 2. The molecule has 0 spiro atoms. The first-order chi connectivity index (χ1) is 22.3. The molecule has 5 amide bonds. The van der Waals surface area contributed by atoms with Crippen molar-refractivity contribution >= 4 is 39.6 Å². The maximum absolute atomic E-state index is 14.3. The Bertz CT molecular complexity index is 1350. The van der Waals surface area contributed by atoms with Crippen LogP contribution in [-0.2, 0) is 29.2 Å². The number of unbranched alkanes of at least 4 members (excludes halogenated alkanes) is 1. The third-order valence-electron chi connectivity index (χ3n) is 10.9. The van der Waals surface area contributed by atoms with Gasteiger partial charge in [0.15, 0.2) is 0 Å². The maximum Gasteiger partial charge on any atom is 0.315 e. The van der Waals surface area contributed by atoms with Crippen LogP contribution >= 0.6 is 0 Å². The third-order valence-corrected chi connectivity index (χ3v) is 13.0. The van der Waals surface area contributed by atoms with E-state index in [9.17, 15) is 32.4 Å². The van der Waals surface area contributed by atoms with Crippen LogP contribution < -0.4 is 21.3 Å². The SMILES string of the molecule is CCCCC(NC(=O)C1C2C(CN1C(=O)C(NC(=O)NC1CCC(CS(=O)(=O)N(C)C)CC1)C(C)(C)C)C2(C)C)C(=O)C(=O)NC1CC1. The lowest BCUT2D eigenvalue weighted by Gasteiger charge is -2.38. The zero-order chi connectivity index (χ0) is 35.8. The molecule has 1 heterocycles. The normalized spacial score (nSPS) is 27.8. The summed E-state index contributed by atoms with van der Waals surface area (Å²) >= 11 is 0. The first-order valence-corrected chi connectivity index (χ1v) is 19.3. The number of hydrogen-bond donors (Lipinski definition) is 4. The van der Waals surface area contributed by atoms with Crippen molar-refractivity contribution in [3.63, 3.8) is 0 Å². The Morgan fingerprint density at radius 2 is 1.50 bits per heavy atom. The number of fused-ring (bicyclic) bond motifs is 1. The molecule has 3 aliphatic carbocycles. The Balaban J connectivity index is 1.42. The van der Waals surface area contributed by atoms with Gasteiger partial charge in [-0.1, -0.05) is 54.4 Å². The Kier molecular flexibility index (Phi) is 11.6.